The highest BCUT2D eigenvalue weighted by Crippen LogP contribution is 2.23. The van der Waals surface area contributed by atoms with E-state index in [0.717, 1.165) is 0 Å². The summed E-state index contributed by atoms with van der Waals surface area (Å²) in [5.74, 6) is 0. The predicted octanol–water partition coefficient (Wildman–Crippen LogP) is -0.389. The summed E-state index contributed by atoms with van der Waals surface area (Å²) in [5.41, 5.74) is 5.91. The van der Waals surface area contributed by atoms with Crippen LogP contribution in [0.5, 0.6) is 0 Å². The van der Waals surface area contributed by atoms with Crippen molar-refractivity contribution in [3.63, 3.8) is 0 Å². The molecule has 1 aliphatic rings. The maximum Gasteiger partial charge on any atom is 0.217 e. The van der Waals surface area contributed by atoms with Crippen LogP contribution in [-0.2, 0) is 18.9 Å². The lowest BCUT2D eigenvalue weighted by Gasteiger charge is -2.41. The molecule has 0 aromatic rings. The average molecular weight is 247 g/mol. The molecule has 100 valence electrons. The van der Waals surface area contributed by atoms with E-state index in [4.69, 9.17) is 24.7 Å². The molecule has 0 radical (unpaired) electrons. The lowest BCUT2D eigenvalue weighted by molar-refractivity contribution is -0.256. The van der Waals surface area contributed by atoms with E-state index in [2.05, 4.69) is 0 Å². The van der Waals surface area contributed by atoms with E-state index in [1.165, 1.54) is 20.5 Å². The first-order valence-electron chi connectivity index (χ1n) is 5.53. The first kappa shape index (κ1) is 14.4. The molecule has 0 spiro atoms. The molecular weight excluding hydrogens is 226 g/mol. The number of hydrogen-bond acceptors (Lipinski definition) is 6. The van der Waals surface area contributed by atoms with Gasteiger partial charge in [-0.25, -0.2) is 0 Å². The fourth-order valence-electron chi connectivity index (χ4n) is 1.82. The SMILES string of the molecule is C/C=C\O[C@H]1O[C@H](COC)[C@@H](O)[C@H](OC)[C@H]1N. The summed E-state index contributed by atoms with van der Waals surface area (Å²) in [6.45, 7) is 2.08. The standard InChI is InChI=1S/C11H21NO5/c1-4-5-16-11-8(12)10(15-3)9(13)7(17-11)6-14-2/h4-5,7-11,13H,6,12H2,1-3H3/b5-4-/t7-,8-,9-,10-,11+/m1/s1. The summed E-state index contributed by atoms with van der Waals surface area (Å²) in [7, 11) is 3.03. The molecule has 5 atom stereocenters. The number of allylic oxidation sites excluding steroid dienone is 1. The van der Waals surface area contributed by atoms with Crippen LogP contribution < -0.4 is 5.73 Å². The summed E-state index contributed by atoms with van der Waals surface area (Å²) >= 11 is 0. The normalized spacial score (nSPS) is 38.5. The first-order chi connectivity index (χ1) is 8.15. The molecule has 0 saturated carbocycles. The Morgan fingerprint density at radius 1 is 1.41 bits per heavy atom. The Hall–Kier alpha value is -0.660. The van der Waals surface area contributed by atoms with Crippen molar-refractivity contribution in [3.8, 4) is 0 Å². The van der Waals surface area contributed by atoms with Gasteiger partial charge in [-0.15, -0.1) is 0 Å². The van der Waals surface area contributed by atoms with Gasteiger partial charge in [0.15, 0.2) is 0 Å². The van der Waals surface area contributed by atoms with Crippen molar-refractivity contribution in [2.75, 3.05) is 20.8 Å². The maximum absolute atomic E-state index is 9.99. The van der Waals surface area contributed by atoms with Crippen LogP contribution in [-0.4, -0.2) is 56.6 Å². The van der Waals surface area contributed by atoms with Crippen molar-refractivity contribution in [1.29, 1.82) is 0 Å². The summed E-state index contributed by atoms with van der Waals surface area (Å²) in [6.07, 6.45) is 0.687. The number of hydrogen-bond donors (Lipinski definition) is 2. The third-order valence-corrected chi connectivity index (χ3v) is 2.67. The van der Waals surface area contributed by atoms with Crippen LogP contribution in [0.15, 0.2) is 12.3 Å². The highest BCUT2D eigenvalue weighted by molar-refractivity contribution is 4.93. The molecular formula is C11H21NO5. The van der Waals surface area contributed by atoms with Gasteiger partial charge in [0.1, 0.15) is 18.3 Å². The van der Waals surface area contributed by atoms with Crippen molar-refractivity contribution >= 4 is 0 Å². The lowest BCUT2D eigenvalue weighted by Crippen LogP contribution is -2.62. The molecule has 0 aromatic heterocycles. The second-order valence-electron chi connectivity index (χ2n) is 3.87. The van der Waals surface area contributed by atoms with Crippen LogP contribution in [0, 0.1) is 0 Å². The number of rotatable bonds is 5. The largest absolute Gasteiger partial charge is 0.471 e. The van der Waals surface area contributed by atoms with E-state index in [9.17, 15) is 5.11 Å². The smallest absolute Gasteiger partial charge is 0.217 e. The third kappa shape index (κ3) is 3.40. The minimum absolute atomic E-state index is 0.253. The molecule has 0 aliphatic carbocycles. The summed E-state index contributed by atoms with van der Waals surface area (Å²) in [4.78, 5) is 0. The number of methoxy groups -OCH3 is 2. The quantitative estimate of drug-likeness (QED) is 0.644. The fourth-order valence-corrected chi connectivity index (χ4v) is 1.82. The van der Waals surface area contributed by atoms with Crippen molar-refractivity contribution < 1.29 is 24.1 Å². The molecule has 6 nitrogen and oxygen atoms in total. The third-order valence-electron chi connectivity index (χ3n) is 2.67. The molecule has 1 heterocycles. The lowest BCUT2D eigenvalue weighted by atomic mass is 9.97. The van der Waals surface area contributed by atoms with Gasteiger partial charge in [0, 0.05) is 14.2 Å². The minimum atomic E-state index is -0.833. The second kappa shape index (κ2) is 6.93. The van der Waals surface area contributed by atoms with Crippen LogP contribution in [0.1, 0.15) is 6.92 Å². The van der Waals surface area contributed by atoms with Crippen LogP contribution >= 0.6 is 0 Å². The highest BCUT2D eigenvalue weighted by atomic mass is 16.7. The molecule has 0 unspecified atom stereocenters. The molecule has 3 N–H and O–H groups in total. The molecule has 17 heavy (non-hydrogen) atoms. The number of aliphatic hydroxyl groups is 1. The Morgan fingerprint density at radius 2 is 2.12 bits per heavy atom. The van der Waals surface area contributed by atoms with Crippen LogP contribution in [0.2, 0.25) is 0 Å². The molecule has 0 bridgehead atoms. The Morgan fingerprint density at radius 3 is 2.65 bits per heavy atom. The van der Waals surface area contributed by atoms with Crippen molar-refractivity contribution in [1.82, 2.24) is 0 Å². The Labute approximate surface area is 101 Å². The zero-order valence-corrected chi connectivity index (χ0v) is 10.4. The zero-order chi connectivity index (χ0) is 12.8. The minimum Gasteiger partial charge on any atom is -0.471 e. The maximum atomic E-state index is 9.99. The number of aliphatic hydroxyl groups excluding tert-OH is 1. The predicted molar refractivity (Wildman–Crippen MR) is 61.2 cm³/mol. The first-order valence-corrected chi connectivity index (χ1v) is 5.53. The summed E-state index contributed by atoms with van der Waals surface area (Å²) in [6, 6.07) is -0.556. The van der Waals surface area contributed by atoms with Gasteiger partial charge in [0.25, 0.3) is 0 Å². The topological polar surface area (TPSA) is 83.2 Å². The molecule has 1 saturated heterocycles. The van der Waals surface area contributed by atoms with Crippen molar-refractivity contribution in [3.05, 3.63) is 12.3 Å². The number of nitrogens with two attached hydrogens (primary N) is 1. The van der Waals surface area contributed by atoms with E-state index < -0.39 is 30.6 Å². The van der Waals surface area contributed by atoms with Gasteiger partial charge < -0.3 is 29.8 Å². The van der Waals surface area contributed by atoms with Gasteiger partial charge in [-0.05, 0) is 6.92 Å². The van der Waals surface area contributed by atoms with Crippen LogP contribution in [0.25, 0.3) is 0 Å². The van der Waals surface area contributed by atoms with Gasteiger partial charge in [0.05, 0.1) is 18.9 Å². The van der Waals surface area contributed by atoms with Gasteiger partial charge in [-0.2, -0.15) is 0 Å². The molecule has 1 fully saturated rings. The molecule has 1 rings (SSSR count). The van der Waals surface area contributed by atoms with Gasteiger partial charge in [0.2, 0.25) is 6.29 Å². The van der Waals surface area contributed by atoms with E-state index in [1.807, 2.05) is 6.92 Å². The Bertz CT molecular complexity index is 248. The van der Waals surface area contributed by atoms with Crippen molar-refractivity contribution in [2.24, 2.45) is 5.73 Å². The molecule has 0 amide bonds. The fraction of sp³-hybridized carbons (Fsp3) is 0.818. The monoisotopic (exact) mass is 247 g/mol. The van der Waals surface area contributed by atoms with Gasteiger partial charge in [-0.3, -0.25) is 0 Å². The average Bonchev–Trinajstić information content (AvgIpc) is 2.32. The Kier molecular flexibility index (Phi) is 5.87. The van der Waals surface area contributed by atoms with E-state index in [0.29, 0.717) is 0 Å². The zero-order valence-electron chi connectivity index (χ0n) is 10.4. The van der Waals surface area contributed by atoms with E-state index >= 15 is 0 Å². The van der Waals surface area contributed by atoms with Crippen LogP contribution in [0.4, 0.5) is 0 Å². The van der Waals surface area contributed by atoms with Gasteiger partial charge >= 0.3 is 0 Å². The van der Waals surface area contributed by atoms with E-state index in [-0.39, 0.29) is 6.61 Å². The number of ether oxygens (including phenoxy) is 4. The second-order valence-corrected chi connectivity index (χ2v) is 3.87. The van der Waals surface area contributed by atoms with E-state index in [1.54, 1.807) is 6.08 Å². The van der Waals surface area contributed by atoms with Crippen LogP contribution in [0.3, 0.4) is 0 Å². The molecule has 0 aromatic carbocycles. The Balaban J connectivity index is 2.72. The molecule has 6 heteroatoms. The highest BCUT2D eigenvalue weighted by Gasteiger charge is 2.44. The summed E-state index contributed by atoms with van der Waals surface area (Å²) < 4.78 is 21.0. The van der Waals surface area contributed by atoms with Crippen molar-refractivity contribution in [2.45, 2.75) is 37.6 Å². The van der Waals surface area contributed by atoms with Gasteiger partial charge in [-0.1, -0.05) is 6.08 Å². The summed E-state index contributed by atoms with van der Waals surface area (Å²) in [5, 5.41) is 9.99. The molecule has 1 aliphatic heterocycles.